The summed E-state index contributed by atoms with van der Waals surface area (Å²) in [4.78, 5) is 67.2. The van der Waals surface area contributed by atoms with Crippen LogP contribution in [0.2, 0.25) is 0 Å². The molecule has 0 spiro atoms. The molecule has 0 aliphatic heterocycles. The van der Waals surface area contributed by atoms with Gasteiger partial charge < -0.3 is 25.4 Å². The van der Waals surface area contributed by atoms with Gasteiger partial charge in [-0.2, -0.15) is 0 Å². The SMILES string of the molecule is COc1ccc(OC)c(/C=C(\NC(=O)c2ccccc2)C(=O)Nc2ccc(SC(C)C(=O)Nc3cccc4c3C(=O)c3ccccc3C4=O)cc2)c1. The first-order valence-electron chi connectivity index (χ1n) is 16.2. The number of hydrogen-bond donors (Lipinski definition) is 3. The van der Waals surface area contributed by atoms with Crippen LogP contribution in [0.3, 0.4) is 0 Å². The maximum atomic E-state index is 13.6. The maximum absolute atomic E-state index is 13.6. The average Bonchev–Trinajstić information content (AvgIpc) is 3.17. The Kier molecular flexibility index (Phi) is 10.6. The second kappa shape index (κ2) is 15.6. The monoisotopic (exact) mass is 711 g/mol. The molecule has 11 heteroatoms. The average molecular weight is 712 g/mol. The standard InChI is InChI=1S/C41H33N3O7S/c1-24(39(47)43-33-15-9-14-32-36(33)38(46)31-13-8-7-12-30(31)37(32)45)52-29-19-16-27(17-20-29)42-41(49)34(44-40(48)25-10-5-4-6-11-25)23-26-22-28(50-2)18-21-35(26)51-3/h4-24H,1-3H3,(H,42,49)(H,43,47)(H,44,48)/b34-23-. The van der Waals surface area contributed by atoms with E-state index in [0.717, 1.165) is 4.90 Å². The molecule has 1 unspecified atom stereocenters. The minimum absolute atomic E-state index is 0.0316. The van der Waals surface area contributed by atoms with Crippen LogP contribution in [-0.4, -0.2) is 48.8 Å². The van der Waals surface area contributed by atoms with Crippen molar-refractivity contribution in [3.05, 3.63) is 154 Å². The van der Waals surface area contributed by atoms with E-state index in [1.807, 2.05) is 0 Å². The number of carbonyl (C=O) groups excluding carboxylic acids is 5. The fourth-order valence-electron chi connectivity index (χ4n) is 5.61. The summed E-state index contributed by atoms with van der Waals surface area (Å²) in [6, 6.07) is 32.0. The number of rotatable bonds is 11. The summed E-state index contributed by atoms with van der Waals surface area (Å²) in [6.07, 6.45) is 1.51. The number of fused-ring (bicyclic) bond motifs is 2. The Bertz CT molecular complexity index is 2230. The number of thioether (sulfide) groups is 1. The van der Waals surface area contributed by atoms with Crippen molar-refractivity contribution in [2.45, 2.75) is 17.1 Å². The van der Waals surface area contributed by atoms with Crippen molar-refractivity contribution in [1.82, 2.24) is 5.32 Å². The van der Waals surface area contributed by atoms with Gasteiger partial charge in [-0.25, -0.2) is 0 Å². The Labute approximate surface area is 304 Å². The molecule has 1 aliphatic carbocycles. The summed E-state index contributed by atoms with van der Waals surface area (Å²) in [5.74, 6) is -0.987. The van der Waals surface area contributed by atoms with E-state index in [1.165, 1.54) is 32.1 Å². The minimum Gasteiger partial charge on any atom is -0.497 e. The Morgan fingerprint density at radius 2 is 1.38 bits per heavy atom. The maximum Gasteiger partial charge on any atom is 0.272 e. The highest BCUT2D eigenvalue weighted by molar-refractivity contribution is 8.00. The lowest BCUT2D eigenvalue weighted by atomic mass is 9.83. The number of methoxy groups -OCH3 is 2. The molecule has 0 heterocycles. The molecule has 0 aromatic heterocycles. The molecule has 0 radical (unpaired) electrons. The van der Waals surface area contributed by atoms with Gasteiger partial charge in [0.1, 0.15) is 17.2 Å². The second-order valence-electron chi connectivity index (χ2n) is 11.6. The Morgan fingerprint density at radius 3 is 2.08 bits per heavy atom. The van der Waals surface area contributed by atoms with Crippen molar-refractivity contribution >= 4 is 58.5 Å². The van der Waals surface area contributed by atoms with E-state index in [9.17, 15) is 24.0 Å². The van der Waals surface area contributed by atoms with Gasteiger partial charge in [0, 0.05) is 38.4 Å². The van der Waals surface area contributed by atoms with Crippen molar-refractivity contribution in [3.8, 4) is 11.5 Å². The number of carbonyl (C=O) groups is 5. The summed E-state index contributed by atoms with van der Waals surface area (Å²) in [5.41, 5.74) is 2.64. The number of ether oxygens (including phenoxy) is 2. The van der Waals surface area contributed by atoms with Crippen molar-refractivity contribution in [1.29, 1.82) is 0 Å². The smallest absolute Gasteiger partial charge is 0.272 e. The number of nitrogens with one attached hydrogen (secondary N) is 3. The normalized spacial score (nSPS) is 12.6. The van der Waals surface area contributed by atoms with Crippen molar-refractivity contribution in [2.75, 3.05) is 24.9 Å². The van der Waals surface area contributed by atoms with Crippen LogP contribution in [0.15, 0.2) is 126 Å². The zero-order chi connectivity index (χ0) is 36.8. The van der Waals surface area contributed by atoms with Gasteiger partial charge in [-0.3, -0.25) is 24.0 Å². The van der Waals surface area contributed by atoms with Crippen molar-refractivity contribution in [3.63, 3.8) is 0 Å². The molecule has 0 bridgehead atoms. The van der Waals surface area contributed by atoms with Crippen LogP contribution >= 0.6 is 11.8 Å². The summed E-state index contributed by atoms with van der Waals surface area (Å²) in [6.45, 7) is 1.73. The highest BCUT2D eigenvalue weighted by Crippen LogP contribution is 2.33. The third kappa shape index (κ3) is 7.64. The van der Waals surface area contributed by atoms with Gasteiger partial charge in [0.2, 0.25) is 5.91 Å². The number of anilines is 2. The summed E-state index contributed by atoms with van der Waals surface area (Å²) >= 11 is 1.28. The molecule has 6 rings (SSSR count). The first-order valence-corrected chi connectivity index (χ1v) is 17.0. The fraction of sp³-hybridized carbons (Fsp3) is 0.0976. The van der Waals surface area contributed by atoms with Gasteiger partial charge in [-0.15, -0.1) is 11.8 Å². The molecular formula is C41H33N3O7S. The second-order valence-corrected chi connectivity index (χ2v) is 13.1. The van der Waals surface area contributed by atoms with Gasteiger partial charge >= 0.3 is 0 Å². The molecule has 52 heavy (non-hydrogen) atoms. The number of amides is 3. The van der Waals surface area contributed by atoms with E-state index in [-0.39, 0.29) is 40.0 Å². The van der Waals surface area contributed by atoms with E-state index in [0.29, 0.717) is 39.4 Å². The zero-order valence-electron chi connectivity index (χ0n) is 28.4. The predicted octanol–water partition coefficient (Wildman–Crippen LogP) is 7.01. The summed E-state index contributed by atoms with van der Waals surface area (Å²) in [5, 5.41) is 7.79. The predicted molar refractivity (Wildman–Crippen MR) is 200 cm³/mol. The van der Waals surface area contributed by atoms with Gasteiger partial charge in [0.25, 0.3) is 11.8 Å². The summed E-state index contributed by atoms with van der Waals surface area (Å²) < 4.78 is 10.8. The van der Waals surface area contributed by atoms with E-state index in [1.54, 1.807) is 122 Å². The molecule has 0 saturated heterocycles. The molecule has 3 N–H and O–H groups in total. The third-order valence-electron chi connectivity index (χ3n) is 8.27. The Morgan fingerprint density at radius 1 is 0.712 bits per heavy atom. The molecule has 3 amide bonds. The van der Waals surface area contributed by atoms with Crippen LogP contribution < -0.4 is 25.4 Å². The molecule has 0 saturated carbocycles. The van der Waals surface area contributed by atoms with Crippen LogP contribution in [0, 0.1) is 0 Å². The lowest BCUT2D eigenvalue weighted by molar-refractivity contribution is -0.115. The van der Waals surface area contributed by atoms with Gasteiger partial charge in [-0.1, -0.05) is 54.6 Å². The number of benzene rings is 5. The summed E-state index contributed by atoms with van der Waals surface area (Å²) in [7, 11) is 3.03. The lowest BCUT2D eigenvalue weighted by Crippen LogP contribution is -2.30. The lowest BCUT2D eigenvalue weighted by Gasteiger charge is -2.21. The van der Waals surface area contributed by atoms with E-state index >= 15 is 0 Å². The fourth-order valence-corrected chi connectivity index (χ4v) is 6.47. The molecule has 1 aliphatic rings. The molecule has 5 aromatic rings. The van der Waals surface area contributed by atoms with E-state index < -0.39 is 17.1 Å². The van der Waals surface area contributed by atoms with Crippen LogP contribution in [0.5, 0.6) is 11.5 Å². The quantitative estimate of drug-likeness (QED) is 0.0964. The van der Waals surface area contributed by atoms with Crippen molar-refractivity contribution in [2.24, 2.45) is 0 Å². The van der Waals surface area contributed by atoms with Gasteiger partial charge in [-0.05, 0) is 73.7 Å². The highest BCUT2D eigenvalue weighted by atomic mass is 32.2. The third-order valence-corrected chi connectivity index (χ3v) is 9.38. The molecule has 5 aromatic carbocycles. The molecular weight excluding hydrogens is 679 g/mol. The number of ketones is 2. The highest BCUT2D eigenvalue weighted by Gasteiger charge is 2.32. The van der Waals surface area contributed by atoms with Gasteiger partial charge in [0.15, 0.2) is 11.6 Å². The molecule has 260 valence electrons. The first-order chi connectivity index (χ1) is 25.2. The topological polar surface area (TPSA) is 140 Å². The van der Waals surface area contributed by atoms with Crippen LogP contribution in [0.25, 0.3) is 6.08 Å². The first kappa shape index (κ1) is 35.4. The van der Waals surface area contributed by atoms with Crippen LogP contribution in [0.1, 0.15) is 54.7 Å². The number of hydrogen-bond acceptors (Lipinski definition) is 8. The Hall–Kier alpha value is -6.46. The van der Waals surface area contributed by atoms with Crippen LogP contribution in [0.4, 0.5) is 11.4 Å². The van der Waals surface area contributed by atoms with E-state index in [4.69, 9.17) is 9.47 Å². The van der Waals surface area contributed by atoms with E-state index in [2.05, 4.69) is 16.0 Å². The van der Waals surface area contributed by atoms with Crippen molar-refractivity contribution < 1.29 is 33.4 Å². The van der Waals surface area contributed by atoms with Crippen LogP contribution in [-0.2, 0) is 9.59 Å². The molecule has 10 nitrogen and oxygen atoms in total. The zero-order valence-corrected chi connectivity index (χ0v) is 29.2. The largest absolute Gasteiger partial charge is 0.497 e. The minimum atomic E-state index is -0.585. The Balaban J connectivity index is 1.15. The molecule has 1 atom stereocenters. The molecule has 0 fully saturated rings. The van der Waals surface area contributed by atoms with Gasteiger partial charge in [0.05, 0.1) is 30.7 Å².